The smallest absolute Gasteiger partial charge is 0.302 e. The molecule has 0 aliphatic carbocycles. The van der Waals surface area contributed by atoms with Crippen LogP contribution >= 0.6 is 8.53 Å². The first-order chi connectivity index (χ1) is 17.1. The molecule has 36 heavy (non-hydrogen) atoms. The van der Waals surface area contributed by atoms with Crippen molar-refractivity contribution >= 4 is 20.4 Å². The number of carbonyl (C=O) groups excluding carboxylic acids is 2. The Bertz CT molecular complexity index is 667. The lowest BCUT2D eigenvalue weighted by Crippen LogP contribution is -2.51. The summed E-state index contributed by atoms with van der Waals surface area (Å²) in [5.41, 5.74) is 0. The van der Waals surface area contributed by atoms with Crippen molar-refractivity contribution in [3.8, 4) is 6.07 Å². The Labute approximate surface area is 218 Å². The zero-order chi connectivity index (χ0) is 26.9. The largest absolute Gasteiger partial charge is 0.463 e. The number of hydrogen-bond donors (Lipinski definition) is 1. The molecule has 1 fully saturated rings. The third-order valence-electron chi connectivity index (χ3n) is 5.14. The van der Waals surface area contributed by atoms with Crippen LogP contribution in [0.3, 0.4) is 0 Å². The maximum Gasteiger partial charge on any atom is 0.302 e. The van der Waals surface area contributed by atoms with E-state index in [1.54, 1.807) is 6.42 Å². The minimum atomic E-state index is -1.21. The lowest BCUT2D eigenvalue weighted by atomic mass is 10.0. The Balaban J connectivity index is 2.37. The van der Waals surface area contributed by atoms with Gasteiger partial charge in [-0.2, -0.15) is 5.26 Å². The van der Waals surface area contributed by atoms with Gasteiger partial charge in [0.1, 0.15) is 6.61 Å². The van der Waals surface area contributed by atoms with Gasteiger partial charge in [-0.1, -0.05) is 12.8 Å². The molecule has 0 aromatic carbocycles. The van der Waals surface area contributed by atoms with Crippen molar-refractivity contribution in [2.45, 2.75) is 104 Å². The molecule has 10 nitrogen and oxygen atoms in total. The van der Waals surface area contributed by atoms with Crippen LogP contribution in [0.2, 0.25) is 0 Å². The van der Waals surface area contributed by atoms with Crippen LogP contribution in [-0.2, 0) is 32.8 Å². The second-order valence-corrected chi connectivity index (χ2v) is 10.6. The number of nitrogens with zero attached hydrogens (tertiary/aromatic N) is 2. The standard InChI is InChI=1S/C25H44N3O7P/c1-19(2)28(20(3)4)36(34-17-11-14-26)33-16-10-8-7-9-15-31-25-24(27-21(5)29)13-12-23(35-25)18-32-22(6)30/h12-13,19-20,23-25H,7-11,15-18H2,1-6H3,(H,27,29)/t23-,24-,25-,36?/m1/s1. The summed E-state index contributed by atoms with van der Waals surface area (Å²) in [6.45, 7) is 12.8. The number of rotatable bonds is 18. The number of nitrogens with one attached hydrogen (secondary N) is 1. The number of unbranched alkanes of at least 4 members (excludes halogenated alkanes) is 3. The van der Waals surface area contributed by atoms with Crippen LogP contribution in [0.15, 0.2) is 0 Å². The first-order valence-corrected chi connectivity index (χ1v) is 13.9. The molecule has 1 saturated heterocycles. The van der Waals surface area contributed by atoms with E-state index in [0.717, 1.165) is 25.7 Å². The zero-order valence-electron chi connectivity index (χ0n) is 22.6. The fourth-order valence-electron chi connectivity index (χ4n) is 3.64. The van der Waals surface area contributed by atoms with Gasteiger partial charge in [-0.25, -0.2) is 4.67 Å². The van der Waals surface area contributed by atoms with Gasteiger partial charge in [0.2, 0.25) is 5.91 Å². The number of ether oxygens (including phenoxy) is 3. The van der Waals surface area contributed by atoms with E-state index in [1.165, 1.54) is 13.8 Å². The van der Waals surface area contributed by atoms with Crippen molar-refractivity contribution in [3.05, 3.63) is 12.8 Å². The Hall–Kier alpha value is -1.34. The third-order valence-corrected chi connectivity index (χ3v) is 7.25. The molecule has 1 N–H and O–H groups in total. The van der Waals surface area contributed by atoms with Crippen LogP contribution in [-0.4, -0.2) is 73.5 Å². The second kappa shape index (κ2) is 18.8. The molecule has 1 rings (SSSR count). The Morgan fingerprint density at radius 2 is 1.67 bits per heavy atom. The van der Waals surface area contributed by atoms with E-state index >= 15 is 0 Å². The van der Waals surface area contributed by atoms with Crippen LogP contribution in [0.5, 0.6) is 0 Å². The summed E-state index contributed by atoms with van der Waals surface area (Å²) in [5.74, 6) is -0.551. The topological polar surface area (TPSA) is 119 Å². The van der Waals surface area contributed by atoms with Gasteiger partial charge in [0.15, 0.2) is 6.29 Å². The summed E-state index contributed by atoms with van der Waals surface area (Å²) in [7, 11) is -1.21. The number of nitriles is 1. The zero-order valence-corrected chi connectivity index (χ0v) is 23.5. The maximum absolute atomic E-state index is 11.5. The molecule has 4 atom stereocenters. The van der Waals surface area contributed by atoms with Gasteiger partial charge in [-0.15, -0.1) is 0 Å². The van der Waals surface area contributed by atoms with E-state index in [0.29, 0.717) is 26.2 Å². The number of amides is 1. The van der Waals surface area contributed by atoms with Gasteiger partial charge in [0, 0.05) is 32.5 Å². The van der Waals surface area contributed by atoms with Crippen molar-refractivity contribution in [2.24, 2.45) is 0 Å². The number of hydrogen-bond acceptors (Lipinski definition) is 9. The highest BCUT2D eigenvalue weighted by Crippen LogP contribution is 2.46. The summed E-state index contributed by atoms with van der Waals surface area (Å²) >= 11 is 0. The van der Waals surface area contributed by atoms with E-state index in [2.05, 4.69) is 43.8 Å². The van der Waals surface area contributed by atoms with E-state index in [9.17, 15) is 9.59 Å². The highest BCUT2D eigenvalue weighted by molar-refractivity contribution is 7.44. The Morgan fingerprint density at radius 1 is 1.03 bits per heavy atom. The molecule has 0 aromatic rings. The van der Waals surface area contributed by atoms with Gasteiger partial charge >= 0.3 is 5.97 Å². The maximum atomic E-state index is 11.5. The SMILES string of the molecule is CC(=O)N[C@@H]1[CH][CH][C@H](COC(C)=O)O[C@H]1OCCCCCCOP(OCCC#N)N(C(C)C)C(C)C. The molecule has 1 unspecified atom stereocenters. The van der Waals surface area contributed by atoms with Crippen LogP contribution in [0.1, 0.15) is 73.6 Å². The van der Waals surface area contributed by atoms with Gasteiger partial charge in [0.05, 0.1) is 37.8 Å². The third kappa shape index (κ3) is 13.8. The fourth-order valence-corrected chi connectivity index (χ4v) is 5.27. The highest BCUT2D eigenvalue weighted by Gasteiger charge is 2.33. The van der Waals surface area contributed by atoms with Gasteiger partial charge in [0.25, 0.3) is 8.53 Å². The number of esters is 1. The summed E-state index contributed by atoms with van der Waals surface area (Å²) in [5, 5.41) is 11.6. The molecular formula is C25H44N3O7P. The molecule has 206 valence electrons. The molecule has 1 heterocycles. The van der Waals surface area contributed by atoms with E-state index in [-0.39, 0.29) is 30.6 Å². The van der Waals surface area contributed by atoms with Crippen molar-refractivity contribution in [1.82, 2.24) is 9.99 Å². The van der Waals surface area contributed by atoms with Crippen LogP contribution in [0, 0.1) is 24.2 Å². The summed E-state index contributed by atoms with van der Waals surface area (Å²) in [4.78, 5) is 22.6. The summed E-state index contributed by atoms with van der Waals surface area (Å²) < 4.78 is 31.0. The molecule has 1 aliphatic rings. The van der Waals surface area contributed by atoms with E-state index < -0.39 is 27.0 Å². The molecule has 0 bridgehead atoms. The molecule has 0 aromatic heterocycles. The van der Waals surface area contributed by atoms with Gasteiger partial charge < -0.3 is 28.6 Å². The Kier molecular flexibility index (Phi) is 17.1. The van der Waals surface area contributed by atoms with E-state index in [4.69, 9.17) is 28.5 Å². The minimum Gasteiger partial charge on any atom is -0.463 e. The van der Waals surface area contributed by atoms with Crippen molar-refractivity contribution in [2.75, 3.05) is 26.4 Å². The summed E-state index contributed by atoms with van der Waals surface area (Å²) in [6.07, 6.45) is 6.53. The molecule has 0 saturated carbocycles. The van der Waals surface area contributed by atoms with Crippen LogP contribution in [0.4, 0.5) is 0 Å². The molecule has 2 radical (unpaired) electrons. The predicted molar refractivity (Wildman–Crippen MR) is 137 cm³/mol. The quantitative estimate of drug-likeness (QED) is 0.159. The average Bonchev–Trinajstić information content (AvgIpc) is 2.79. The molecule has 11 heteroatoms. The van der Waals surface area contributed by atoms with Gasteiger partial charge in [-0.05, 0) is 53.4 Å². The second-order valence-electron chi connectivity index (χ2n) is 9.12. The van der Waals surface area contributed by atoms with Gasteiger partial charge in [-0.3, -0.25) is 9.59 Å². The predicted octanol–water partition coefficient (Wildman–Crippen LogP) is 4.06. The number of carbonyl (C=O) groups is 2. The van der Waals surface area contributed by atoms with Crippen LogP contribution < -0.4 is 5.32 Å². The van der Waals surface area contributed by atoms with Crippen molar-refractivity contribution < 1.29 is 32.8 Å². The van der Waals surface area contributed by atoms with Crippen molar-refractivity contribution in [1.29, 1.82) is 5.26 Å². The fraction of sp³-hybridized carbons (Fsp3) is 0.800. The van der Waals surface area contributed by atoms with Crippen molar-refractivity contribution in [3.63, 3.8) is 0 Å². The first kappa shape index (κ1) is 32.7. The Morgan fingerprint density at radius 3 is 2.25 bits per heavy atom. The lowest BCUT2D eigenvalue weighted by molar-refractivity contribution is -0.196. The van der Waals surface area contributed by atoms with Crippen LogP contribution in [0.25, 0.3) is 0 Å². The first-order valence-electron chi connectivity index (χ1n) is 12.7. The minimum absolute atomic E-state index is 0.103. The van der Waals surface area contributed by atoms with E-state index in [1.807, 2.05) is 6.42 Å². The molecular weight excluding hydrogens is 485 g/mol. The summed E-state index contributed by atoms with van der Waals surface area (Å²) in [6, 6.07) is 2.28. The monoisotopic (exact) mass is 529 g/mol. The molecule has 1 amide bonds. The molecule has 1 aliphatic heterocycles. The molecule has 0 spiro atoms. The normalized spacial score (nSPS) is 20.9. The lowest BCUT2D eigenvalue weighted by Gasteiger charge is -2.35. The average molecular weight is 530 g/mol. The highest BCUT2D eigenvalue weighted by atomic mass is 31.2.